The highest BCUT2D eigenvalue weighted by Crippen LogP contribution is 2.46. The first-order valence-electron chi connectivity index (χ1n) is 12.3. The zero-order valence-electron chi connectivity index (χ0n) is 18.6. The molecule has 0 radical (unpaired) electrons. The molecule has 3 fully saturated rings. The van der Waals surface area contributed by atoms with E-state index in [9.17, 15) is 17.6 Å². The lowest BCUT2D eigenvalue weighted by molar-refractivity contribution is -0.301. The van der Waals surface area contributed by atoms with Crippen LogP contribution in [0.1, 0.15) is 95.5 Å². The molecular weight excluding hydrogens is 404 g/mol. The van der Waals surface area contributed by atoms with Crippen LogP contribution in [0.3, 0.4) is 0 Å². The Balaban J connectivity index is 1.23. The molecule has 31 heavy (non-hydrogen) atoms. The second kappa shape index (κ2) is 9.80. The van der Waals surface area contributed by atoms with Crippen molar-refractivity contribution in [3.63, 3.8) is 0 Å². The van der Waals surface area contributed by atoms with Gasteiger partial charge in [-0.3, -0.25) is 0 Å². The van der Waals surface area contributed by atoms with Crippen LogP contribution in [0.2, 0.25) is 0 Å². The van der Waals surface area contributed by atoms with E-state index in [-0.39, 0.29) is 5.92 Å². The van der Waals surface area contributed by atoms with E-state index in [0.717, 1.165) is 36.3 Å². The molecule has 0 amide bonds. The van der Waals surface area contributed by atoms with Crippen molar-refractivity contribution in [2.45, 2.75) is 102 Å². The molecule has 0 aromatic heterocycles. The summed E-state index contributed by atoms with van der Waals surface area (Å²) >= 11 is 0. The van der Waals surface area contributed by atoms with E-state index in [0.29, 0.717) is 44.4 Å². The lowest BCUT2D eigenvalue weighted by Crippen LogP contribution is -2.39. The Labute approximate surface area is 183 Å². The van der Waals surface area contributed by atoms with Crippen molar-refractivity contribution < 1.29 is 22.3 Å². The fourth-order valence-electron chi connectivity index (χ4n) is 6.28. The first-order chi connectivity index (χ1) is 14.8. The molecule has 3 saturated carbocycles. The molecule has 0 unspecified atom stereocenters. The average Bonchev–Trinajstić information content (AvgIpc) is 2.77. The molecule has 5 heteroatoms. The highest BCUT2D eigenvalue weighted by atomic mass is 19.3. The van der Waals surface area contributed by atoms with Crippen molar-refractivity contribution in [2.75, 3.05) is 0 Å². The molecule has 0 saturated heterocycles. The van der Waals surface area contributed by atoms with E-state index in [2.05, 4.69) is 6.92 Å². The number of benzene rings is 1. The summed E-state index contributed by atoms with van der Waals surface area (Å²) in [5, 5.41) is 0. The summed E-state index contributed by atoms with van der Waals surface area (Å²) in [5.74, 6) is -0.117. The zero-order chi connectivity index (χ0) is 22.0. The van der Waals surface area contributed by atoms with E-state index in [1.54, 1.807) is 6.07 Å². The molecule has 0 bridgehead atoms. The summed E-state index contributed by atoms with van der Waals surface area (Å²) in [4.78, 5) is 0. The maximum atomic E-state index is 14.9. The van der Waals surface area contributed by atoms with E-state index >= 15 is 0 Å². The normalized spacial score (nSPS) is 35.1. The lowest BCUT2D eigenvalue weighted by Gasteiger charge is -2.40. The largest absolute Gasteiger partial charge is 0.358 e. The second-order valence-corrected chi connectivity index (χ2v) is 10.5. The number of rotatable bonds is 5. The Morgan fingerprint density at radius 2 is 1.32 bits per heavy atom. The van der Waals surface area contributed by atoms with Crippen LogP contribution in [0.4, 0.5) is 17.6 Å². The Bertz CT molecular complexity index is 712. The van der Waals surface area contributed by atoms with Gasteiger partial charge in [0.25, 0.3) is 0 Å². The van der Waals surface area contributed by atoms with Gasteiger partial charge in [-0.05, 0) is 106 Å². The van der Waals surface area contributed by atoms with Crippen LogP contribution in [0.25, 0.3) is 0 Å². The van der Waals surface area contributed by atoms with Crippen LogP contribution < -0.4 is 0 Å². The van der Waals surface area contributed by atoms with E-state index < -0.39 is 29.8 Å². The molecule has 0 heterocycles. The SMILES string of the molecule is CC1CCC(C2CCC(C(F)(F)OC3CCC(c4ccc(F)c(F)c4)CC3)CC2)CC1. The summed E-state index contributed by atoms with van der Waals surface area (Å²) in [5.41, 5.74) is 0.750. The van der Waals surface area contributed by atoms with Crippen LogP contribution >= 0.6 is 0 Å². The number of halogens is 4. The first kappa shape index (κ1) is 23.1. The van der Waals surface area contributed by atoms with Crippen molar-refractivity contribution in [3.8, 4) is 0 Å². The fourth-order valence-corrected chi connectivity index (χ4v) is 6.28. The predicted molar refractivity (Wildman–Crippen MR) is 114 cm³/mol. The van der Waals surface area contributed by atoms with E-state index in [1.165, 1.54) is 31.7 Å². The molecule has 0 atom stereocenters. The van der Waals surface area contributed by atoms with Crippen LogP contribution in [-0.4, -0.2) is 12.2 Å². The van der Waals surface area contributed by atoms with Gasteiger partial charge in [-0.25, -0.2) is 8.78 Å². The summed E-state index contributed by atoms with van der Waals surface area (Å²) in [6.45, 7) is 2.32. The van der Waals surface area contributed by atoms with Crippen molar-refractivity contribution >= 4 is 0 Å². The molecule has 1 nitrogen and oxygen atoms in total. The Kier molecular flexibility index (Phi) is 7.30. The minimum Gasteiger partial charge on any atom is -0.317 e. The Morgan fingerprint density at radius 3 is 1.90 bits per heavy atom. The summed E-state index contributed by atoms with van der Waals surface area (Å²) < 4.78 is 61.9. The van der Waals surface area contributed by atoms with Crippen LogP contribution in [0.15, 0.2) is 18.2 Å². The standard InChI is InChI=1S/C26H36F4O/c1-17-2-4-18(5-3-17)19-6-11-22(12-7-19)26(29,30)31-23-13-8-20(9-14-23)21-10-15-24(27)25(28)16-21/h10,15-20,22-23H,2-9,11-14H2,1H3. The highest BCUT2D eigenvalue weighted by Gasteiger charge is 2.45. The van der Waals surface area contributed by atoms with Crippen molar-refractivity contribution in [3.05, 3.63) is 35.4 Å². The molecule has 1 aromatic carbocycles. The average molecular weight is 441 g/mol. The first-order valence-corrected chi connectivity index (χ1v) is 12.3. The van der Waals surface area contributed by atoms with Crippen molar-refractivity contribution in [2.24, 2.45) is 23.7 Å². The summed E-state index contributed by atoms with van der Waals surface area (Å²) in [7, 11) is 0. The number of hydrogen-bond acceptors (Lipinski definition) is 1. The topological polar surface area (TPSA) is 9.23 Å². The van der Waals surface area contributed by atoms with Gasteiger partial charge in [-0.1, -0.05) is 25.8 Å². The molecule has 3 aliphatic carbocycles. The van der Waals surface area contributed by atoms with Gasteiger partial charge < -0.3 is 4.74 Å². The third-order valence-electron chi connectivity index (χ3n) is 8.39. The molecule has 1 aromatic rings. The minimum atomic E-state index is -3.06. The second-order valence-electron chi connectivity index (χ2n) is 10.5. The highest BCUT2D eigenvalue weighted by molar-refractivity contribution is 5.22. The van der Waals surface area contributed by atoms with Gasteiger partial charge in [0.15, 0.2) is 11.6 Å². The van der Waals surface area contributed by atoms with Crippen LogP contribution in [0, 0.1) is 35.3 Å². The van der Waals surface area contributed by atoms with Gasteiger partial charge in [-0.2, -0.15) is 8.78 Å². The maximum absolute atomic E-state index is 14.9. The Morgan fingerprint density at radius 1 is 0.742 bits per heavy atom. The molecule has 3 aliphatic rings. The van der Waals surface area contributed by atoms with Crippen molar-refractivity contribution in [1.29, 1.82) is 0 Å². The van der Waals surface area contributed by atoms with Crippen LogP contribution in [0.5, 0.6) is 0 Å². The molecule has 0 N–H and O–H groups in total. The number of hydrogen-bond donors (Lipinski definition) is 0. The molecule has 0 aliphatic heterocycles. The smallest absolute Gasteiger partial charge is 0.317 e. The number of ether oxygens (including phenoxy) is 1. The molecular formula is C26H36F4O. The monoisotopic (exact) mass is 440 g/mol. The zero-order valence-corrected chi connectivity index (χ0v) is 18.6. The van der Waals surface area contributed by atoms with Gasteiger partial charge in [0.2, 0.25) is 0 Å². The summed E-state index contributed by atoms with van der Waals surface area (Å²) in [6.07, 6.45) is 6.95. The van der Waals surface area contributed by atoms with Gasteiger partial charge >= 0.3 is 6.11 Å². The number of alkyl halides is 2. The lowest BCUT2D eigenvalue weighted by atomic mass is 9.69. The fraction of sp³-hybridized carbons (Fsp3) is 0.769. The van der Waals surface area contributed by atoms with E-state index in [4.69, 9.17) is 4.74 Å². The summed E-state index contributed by atoms with van der Waals surface area (Å²) in [6, 6.07) is 3.98. The minimum absolute atomic E-state index is 0.0808. The van der Waals surface area contributed by atoms with Gasteiger partial charge in [0, 0.05) is 0 Å². The predicted octanol–water partition coefficient (Wildman–Crippen LogP) is 8.23. The third-order valence-corrected chi connectivity index (χ3v) is 8.39. The third kappa shape index (κ3) is 5.64. The van der Waals surface area contributed by atoms with Crippen molar-refractivity contribution in [1.82, 2.24) is 0 Å². The van der Waals surface area contributed by atoms with Gasteiger partial charge in [0.05, 0.1) is 12.0 Å². The van der Waals surface area contributed by atoms with E-state index in [1.807, 2.05) is 0 Å². The van der Waals surface area contributed by atoms with Crippen LogP contribution in [-0.2, 0) is 4.74 Å². The Hall–Kier alpha value is -1.10. The van der Waals surface area contributed by atoms with Gasteiger partial charge in [0.1, 0.15) is 0 Å². The molecule has 174 valence electrons. The molecule has 4 rings (SSSR count). The van der Waals surface area contributed by atoms with Gasteiger partial charge in [-0.15, -0.1) is 0 Å². The molecule has 0 spiro atoms. The quantitative estimate of drug-likeness (QED) is 0.419. The maximum Gasteiger partial charge on any atom is 0.358 e.